The van der Waals surface area contributed by atoms with Crippen molar-refractivity contribution in [1.29, 1.82) is 0 Å². The Bertz CT molecular complexity index is 559. The largest absolute Gasteiger partial charge is 0.382 e. The quantitative estimate of drug-likeness (QED) is 0.766. The number of likely N-dealkylation sites (tertiary alicyclic amines) is 1. The Hall–Kier alpha value is -0.890. The van der Waals surface area contributed by atoms with E-state index < -0.39 is 10.0 Å². The van der Waals surface area contributed by atoms with Crippen molar-refractivity contribution in [2.45, 2.75) is 24.2 Å². The smallest absolute Gasteiger partial charge is 0.242 e. The fraction of sp³-hybridized carbons (Fsp3) is 0.583. The summed E-state index contributed by atoms with van der Waals surface area (Å²) in [6, 6.07) is 1.31. The van der Waals surface area contributed by atoms with Crippen LogP contribution in [0.4, 0.5) is 5.82 Å². The van der Waals surface area contributed by atoms with Crippen LogP contribution in [0.5, 0.6) is 0 Å². The Morgan fingerprint density at radius 3 is 2.75 bits per heavy atom. The maximum atomic E-state index is 12.0. The third kappa shape index (κ3) is 4.05. The second-order valence-corrected chi connectivity index (χ2v) is 7.01. The summed E-state index contributed by atoms with van der Waals surface area (Å²) in [5.74, 6) is 0.125. The zero-order chi connectivity index (χ0) is 14.6. The number of rotatable bonds is 6. The van der Waals surface area contributed by atoms with Gasteiger partial charge in [0.1, 0.15) is 10.7 Å². The van der Waals surface area contributed by atoms with E-state index >= 15 is 0 Å². The molecule has 1 aromatic rings. The molecule has 2 heterocycles. The van der Waals surface area contributed by atoms with E-state index in [-0.39, 0.29) is 15.7 Å². The number of hydrogen-bond donors (Lipinski definition) is 2. The molecule has 0 unspecified atom stereocenters. The van der Waals surface area contributed by atoms with Gasteiger partial charge < -0.3 is 10.6 Å². The van der Waals surface area contributed by atoms with E-state index in [4.69, 9.17) is 17.3 Å². The first kappa shape index (κ1) is 15.5. The van der Waals surface area contributed by atoms with Crippen molar-refractivity contribution in [3.63, 3.8) is 0 Å². The molecular weight excluding hydrogens is 300 g/mol. The van der Waals surface area contributed by atoms with E-state index in [0.29, 0.717) is 6.54 Å². The van der Waals surface area contributed by atoms with Crippen molar-refractivity contribution >= 4 is 27.4 Å². The maximum absolute atomic E-state index is 12.0. The van der Waals surface area contributed by atoms with Crippen LogP contribution in [0.15, 0.2) is 17.2 Å². The monoisotopic (exact) mass is 318 g/mol. The summed E-state index contributed by atoms with van der Waals surface area (Å²) in [4.78, 5) is 6.14. The van der Waals surface area contributed by atoms with Crippen molar-refractivity contribution in [2.24, 2.45) is 0 Å². The molecule has 0 amide bonds. The molecule has 2 rings (SSSR count). The first-order valence-corrected chi connectivity index (χ1v) is 8.48. The van der Waals surface area contributed by atoms with Gasteiger partial charge in [0.05, 0.1) is 5.02 Å². The molecule has 8 heteroatoms. The van der Waals surface area contributed by atoms with Gasteiger partial charge in [-0.05, 0) is 45.0 Å². The molecule has 0 aromatic carbocycles. The normalized spacial score (nSPS) is 16.6. The number of halogens is 1. The SMILES string of the molecule is Nc1ncc(S(=O)(=O)NCCCN2CCCC2)cc1Cl. The highest BCUT2D eigenvalue weighted by Crippen LogP contribution is 2.19. The van der Waals surface area contributed by atoms with Crippen molar-refractivity contribution in [1.82, 2.24) is 14.6 Å². The highest BCUT2D eigenvalue weighted by Gasteiger charge is 2.16. The second kappa shape index (κ2) is 6.71. The summed E-state index contributed by atoms with van der Waals surface area (Å²) in [5.41, 5.74) is 5.46. The molecule has 1 aliphatic heterocycles. The first-order chi connectivity index (χ1) is 9.49. The summed E-state index contributed by atoms with van der Waals surface area (Å²) < 4.78 is 26.6. The molecule has 1 aliphatic rings. The van der Waals surface area contributed by atoms with Gasteiger partial charge >= 0.3 is 0 Å². The summed E-state index contributed by atoms with van der Waals surface area (Å²) in [6.07, 6.45) is 4.47. The Labute approximate surface area is 124 Å². The van der Waals surface area contributed by atoms with Gasteiger partial charge in [-0.3, -0.25) is 0 Å². The van der Waals surface area contributed by atoms with Crippen LogP contribution < -0.4 is 10.5 Å². The zero-order valence-electron chi connectivity index (χ0n) is 11.2. The van der Waals surface area contributed by atoms with E-state index in [1.807, 2.05) is 0 Å². The van der Waals surface area contributed by atoms with Gasteiger partial charge in [-0.1, -0.05) is 11.6 Å². The molecule has 20 heavy (non-hydrogen) atoms. The Morgan fingerprint density at radius 2 is 2.10 bits per heavy atom. The Morgan fingerprint density at radius 1 is 1.40 bits per heavy atom. The highest BCUT2D eigenvalue weighted by atomic mass is 35.5. The van der Waals surface area contributed by atoms with Gasteiger partial charge in [0, 0.05) is 12.7 Å². The molecule has 3 N–H and O–H groups in total. The van der Waals surface area contributed by atoms with E-state index in [9.17, 15) is 8.42 Å². The highest BCUT2D eigenvalue weighted by molar-refractivity contribution is 7.89. The number of nitrogens with two attached hydrogens (primary N) is 1. The van der Waals surface area contributed by atoms with E-state index in [1.54, 1.807) is 0 Å². The lowest BCUT2D eigenvalue weighted by Crippen LogP contribution is -2.28. The number of nitrogens with zero attached hydrogens (tertiary/aromatic N) is 2. The predicted molar refractivity (Wildman–Crippen MR) is 79.1 cm³/mol. The number of anilines is 1. The van der Waals surface area contributed by atoms with E-state index in [2.05, 4.69) is 14.6 Å². The predicted octanol–water partition coefficient (Wildman–Crippen LogP) is 1.08. The number of pyridine rings is 1. The van der Waals surface area contributed by atoms with Crippen molar-refractivity contribution < 1.29 is 8.42 Å². The second-order valence-electron chi connectivity index (χ2n) is 4.84. The molecule has 0 aliphatic carbocycles. The molecule has 0 saturated carbocycles. The van der Waals surface area contributed by atoms with E-state index in [1.165, 1.54) is 25.1 Å². The molecule has 1 aromatic heterocycles. The van der Waals surface area contributed by atoms with E-state index in [0.717, 1.165) is 26.1 Å². The summed E-state index contributed by atoms with van der Waals surface area (Å²) in [7, 11) is -3.57. The minimum Gasteiger partial charge on any atom is -0.382 e. The molecule has 0 atom stereocenters. The lowest BCUT2D eigenvalue weighted by atomic mass is 10.4. The third-order valence-corrected chi connectivity index (χ3v) is 5.03. The average Bonchev–Trinajstić information content (AvgIpc) is 2.91. The summed E-state index contributed by atoms with van der Waals surface area (Å²) in [5, 5.41) is 0.143. The van der Waals surface area contributed by atoms with Crippen LogP contribution >= 0.6 is 11.6 Å². The number of hydrogen-bond acceptors (Lipinski definition) is 5. The molecule has 0 radical (unpaired) electrons. The van der Waals surface area contributed by atoms with Crippen LogP contribution in [0.1, 0.15) is 19.3 Å². The molecule has 1 fully saturated rings. The Kier molecular flexibility index (Phi) is 5.20. The lowest BCUT2D eigenvalue weighted by molar-refractivity contribution is 0.334. The first-order valence-electron chi connectivity index (χ1n) is 6.62. The molecule has 0 bridgehead atoms. The van der Waals surface area contributed by atoms with Gasteiger partial charge in [0.2, 0.25) is 10.0 Å². The van der Waals surface area contributed by atoms with Crippen molar-refractivity contribution in [2.75, 3.05) is 31.9 Å². The van der Waals surface area contributed by atoms with Crippen molar-refractivity contribution in [3.05, 3.63) is 17.3 Å². The number of sulfonamides is 1. The molecule has 6 nitrogen and oxygen atoms in total. The summed E-state index contributed by atoms with van der Waals surface area (Å²) in [6.45, 7) is 3.55. The topological polar surface area (TPSA) is 88.3 Å². The van der Waals surface area contributed by atoms with Crippen molar-refractivity contribution in [3.8, 4) is 0 Å². The zero-order valence-corrected chi connectivity index (χ0v) is 12.8. The summed E-state index contributed by atoms with van der Waals surface area (Å²) >= 11 is 5.78. The molecule has 0 spiro atoms. The fourth-order valence-electron chi connectivity index (χ4n) is 2.18. The van der Waals surface area contributed by atoms with Gasteiger partial charge in [-0.15, -0.1) is 0 Å². The van der Waals surface area contributed by atoms with Crippen LogP contribution in [0.3, 0.4) is 0 Å². The van der Waals surface area contributed by atoms with Gasteiger partial charge in [-0.2, -0.15) is 0 Å². The minimum atomic E-state index is -3.57. The van der Waals surface area contributed by atoms with Gasteiger partial charge in [-0.25, -0.2) is 18.1 Å². The maximum Gasteiger partial charge on any atom is 0.242 e. The van der Waals surface area contributed by atoms with Gasteiger partial charge in [0.25, 0.3) is 0 Å². The van der Waals surface area contributed by atoms with Crippen LogP contribution in [-0.4, -0.2) is 44.5 Å². The Balaban J connectivity index is 1.85. The van der Waals surface area contributed by atoms with Gasteiger partial charge in [0.15, 0.2) is 0 Å². The van der Waals surface area contributed by atoms with Crippen LogP contribution in [-0.2, 0) is 10.0 Å². The molecular formula is C12H19ClN4O2S. The minimum absolute atomic E-state index is 0.0397. The average molecular weight is 319 g/mol. The number of nitrogen functional groups attached to an aromatic ring is 1. The van der Waals surface area contributed by atoms with Crippen LogP contribution in [0.25, 0.3) is 0 Å². The van der Waals surface area contributed by atoms with Crippen LogP contribution in [0, 0.1) is 0 Å². The van der Waals surface area contributed by atoms with Crippen LogP contribution in [0.2, 0.25) is 5.02 Å². The fourth-order valence-corrected chi connectivity index (χ4v) is 3.45. The number of aromatic nitrogens is 1. The molecule has 1 saturated heterocycles. The molecule has 112 valence electrons. The lowest BCUT2D eigenvalue weighted by Gasteiger charge is -2.14. The standard InChI is InChI=1S/C12H19ClN4O2S/c13-11-8-10(9-15-12(11)14)20(18,19)16-4-3-7-17-5-1-2-6-17/h8-9,16H,1-7H2,(H2,14,15). The number of nitrogens with one attached hydrogen (secondary N) is 1. The third-order valence-electron chi connectivity index (χ3n) is 3.30.